The van der Waals surface area contributed by atoms with Gasteiger partial charge in [0, 0.05) is 49.7 Å². The van der Waals surface area contributed by atoms with Gasteiger partial charge < -0.3 is 13.9 Å². The minimum absolute atomic E-state index is 0.613. The van der Waals surface area contributed by atoms with Gasteiger partial charge in [0.2, 0.25) is 5.89 Å². The van der Waals surface area contributed by atoms with Crippen LogP contribution in [0.25, 0.3) is 93.8 Å². The Morgan fingerprint density at radius 2 is 1.08 bits per heavy atom. The minimum atomic E-state index is 0.613. The van der Waals surface area contributed by atoms with Crippen molar-refractivity contribution in [1.29, 1.82) is 0 Å². The quantitative estimate of drug-likeness (QED) is 0.162. The lowest BCUT2D eigenvalue weighted by Crippen LogP contribution is -2.11. The Morgan fingerprint density at radius 1 is 0.410 bits per heavy atom. The molecule has 286 valence electrons. The standard InChI is InChI=1S/C57H37N3O/c1-3-16-40(17-4-1)57-58-55-47(26-14-28-54(55)61-57)43-19-13-22-46(36-43)59(45-33-31-39(32-34-45)42-30-29-38-15-7-8-18-41(38)35-42)53-37-51-49-24-11-12-27-52(49)60(44-20-5-2-6-21-44)56(51)50-25-10-9-23-48(50)53/h1-37H. The van der Waals surface area contributed by atoms with E-state index in [1.807, 2.05) is 36.4 Å². The summed E-state index contributed by atoms with van der Waals surface area (Å²) in [7, 11) is 0. The van der Waals surface area contributed by atoms with Crippen molar-refractivity contribution in [3.63, 3.8) is 0 Å². The molecule has 0 aliphatic heterocycles. The first-order valence-corrected chi connectivity index (χ1v) is 20.7. The van der Waals surface area contributed by atoms with Crippen LogP contribution in [-0.2, 0) is 0 Å². The van der Waals surface area contributed by atoms with E-state index in [2.05, 4.69) is 198 Å². The lowest BCUT2D eigenvalue weighted by molar-refractivity contribution is 0.620. The largest absolute Gasteiger partial charge is 0.436 e. The summed E-state index contributed by atoms with van der Waals surface area (Å²) in [5.74, 6) is 0.613. The van der Waals surface area contributed by atoms with Crippen molar-refractivity contribution in [3.05, 3.63) is 224 Å². The Kier molecular flexibility index (Phi) is 8.13. The zero-order valence-corrected chi connectivity index (χ0v) is 33.1. The normalized spacial score (nSPS) is 11.6. The van der Waals surface area contributed by atoms with Crippen LogP contribution in [0.2, 0.25) is 0 Å². The van der Waals surface area contributed by atoms with E-state index in [0.717, 1.165) is 55.9 Å². The molecule has 2 aromatic heterocycles. The molecule has 0 spiro atoms. The molecule has 4 heteroatoms. The number of hydrogen-bond acceptors (Lipinski definition) is 3. The number of rotatable bonds is 7. The fourth-order valence-electron chi connectivity index (χ4n) is 9.13. The summed E-state index contributed by atoms with van der Waals surface area (Å²) in [6, 6.07) is 80.1. The van der Waals surface area contributed by atoms with Crippen molar-refractivity contribution in [3.8, 4) is 39.4 Å². The van der Waals surface area contributed by atoms with Gasteiger partial charge in [0.15, 0.2) is 5.58 Å². The average molecular weight is 780 g/mol. The molecule has 0 bridgehead atoms. The highest BCUT2D eigenvalue weighted by Gasteiger charge is 2.23. The molecule has 0 saturated carbocycles. The van der Waals surface area contributed by atoms with Gasteiger partial charge in [-0.1, -0.05) is 152 Å². The van der Waals surface area contributed by atoms with E-state index in [0.29, 0.717) is 5.89 Å². The van der Waals surface area contributed by atoms with Crippen molar-refractivity contribution in [2.45, 2.75) is 0 Å². The molecule has 10 aromatic carbocycles. The van der Waals surface area contributed by atoms with Crippen molar-refractivity contribution in [2.75, 3.05) is 4.90 Å². The number of para-hydroxylation sites is 3. The fourth-order valence-corrected chi connectivity index (χ4v) is 9.13. The molecule has 2 heterocycles. The zero-order valence-electron chi connectivity index (χ0n) is 33.1. The molecule has 0 N–H and O–H groups in total. The summed E-state index contributed by atoms with van der Waals surface area (Å²) in [4.78, 5) is 7.48. The molecule has 0 unspecified atom stereocenters. The second-order valence-corrected chi connectivity index (χ2v) is 15.6. The summed E-state index contributed by atoms with van der Waals surface area (Å²) in [6.07, 6.45) is 0. The van der Waals surface area contributed by atoms with E-state index in [1.54, 1.807) is 0 Å². The Bertz CT molecular complexity index is 3590. The maximum Gasteiger partial charge on any atom is 0.227 e. The average Bonchev–Trinajstić information content (AvgIpc) is 3.93. The van der Waals surface area contributed by atoms with E-state index in [-0.39, 0.29) is 0 Å². The van der Waals surface area contributed by atoms with Gasteiger partial charge in [-0.05, 0) is 100 Å². The SMILES string of the molecule is c1ccc(-c2nc3c(-c4cccc(N(c5ccc(-c6ccc7ccccc7c6)cc5)c5cc6c7ccccc7n(-c7ccccc7)c6c6ccccc56)c4)cccc3o2)cc1. The smallest absolute Gasteiger partial charge is 0.227 e. The molecule has 12 rings (SSSR count). The van der Waals surface area contributed by atoms with Crippen molar-refractivity contribution in [2.24, 2.45) is 0 Å². The summed E-state index contributed by atoms with van der Waals surface area (Å²) in [6.45, 7) is 0. The molecule has 0 atom stereocenters. The van der Waals surface area contributed by atoms with Crippen LogP contribution in [-0.4, -0.2) is 9.55 Å². The van der Waals surface area contributed by atoms with Crippen LogP contribution in [0.4, 0.5) is 17.1 Å². The molecular weight excluding hydrogens is 743 g/mol. The van der Waals surface area contributed by atoms with Crippen LogP contribution >= 0.6 is 0 Å². The van der Waals surface area contributed by atoms with Gasteiger partial charge in [-0.3, -0.25) is 0 Å². The van der Waals surface area contributed by atoms with Crippen LogP contribution < -0.4 is 4.90 Å². The highest BCUT2D eigenvalue weighted by Crippen LogP contribution is 2.46. The van der Waals surface area contributed by atoms with Crippen LogP contribution in [0.1, 0.15) is 0 Å². The maximum absolute atomic E-state index is 6.34. The predicted molar refractivity (Wildman–Crippen MR) is 254 cm³/mol. The van der Waals surface area contributed by atoms with E-state index in [9.17, 15) is 0 Å². The number of benzene rings is 10. The number of aromatic nitrogens is 2. The van der Waals surface area contributed by atoms with Gasteiger partial charge in [0.05, 0.1) is 16.7 Å². The summed E-state index contributed by atoms with van der Waals surface area (Å²) >= 11 is 0. The number of nitrogens with zero attached hydrogens (tertiary/aromatic N) is 3. The highest BCUT2D eigenvalue weighted by molar-refractivity contribution is 6.22. The van der Waals surface area contributed by atoms with Crippen LogP contribution in [0.5, 0.6) is 0 Å². The number of fused-ring (bicyclic) bond motifs is 7. The highest BCUT2D eigenvalue weighted by atomic mass is 16.3. The Hall–Kier alpha value is -8.21. The molecule has 0 amide bonds. The van der Waals surface area contributed by atoms with E-state index < -0.39 is 0 Å². The van der Waals surface area contributed by atoms with Gasteiger partial charge in [-0.25, -0.2) is 4.98 Å². The van der Waals surface area contributed by atoms with E-state index in [1.165, 1.54) is 49.1 Å². The van der Waals surface area contributed by atoms with Gasteiger partial charge in [-0.2, -0.15) is 0 Å². The molecule has 12 aromatic rings. The van der Waals surface area contributed by atoms with Gasteiger partial charge in [0.25, 0.3) is 0 Å². The molecule has 0 aliphatic carbocycles. The second-order valence-electron chi connectivity index (χ2n) is 15.6. The Morgan fingerprint density at radius 3 is 1.92 bits per heavy atom. The lowest BCUT2D eigenvalue weighted by Gasteiger charge is -2.28. The van der Waals surface area contributed by atoms with Crippen LogP contribution in [0.3, 0.4) is 0 Å². The summed E-state index contributed by atoms with van der Waals surface area (Å²) in [5, 5.41) is 7.22. The minimum Gasteiger partial charge on any atom is -0.436 e. The number of oxazole rings is 1. The Labute approximate surface area is 352 Å². The topological polar surface area (TPSA) is 34.2 Å². The lowest BCUT2D eigenvalue weighted by atomic mass is 9.99. The third-order valence-corrected chi connectivity index (χ3v) is 12.0. The van der Waals surface area contributed by atoms with Crippen LogP contribution in [0.15, 0.2) is 229 Å². The summed E-state index contributed by atoms with van der Waals surface area (Å²) < 4.78 is 8.76. The first-order valence-electron chi connectivity index (χ1n) is 20.7. The first kappa shape index (κ1) is 34.8. The molecule has 0 radical (unpaired) electrons. The number of hydrogen-bond donors (Lipinski definition) is 0. The molecule has 4 nitrogen and oxygen atoms in total. The Balaban J connectivity index is 1.08. The molecular formula is C57H37N3O. The monoisotopic (exact) mass is 779 g/mol. The number of anilines is 3. The predicted octanol–water partition coefficient (Wildman–Crippen LogP) is 15.7. The van der Waals surface area contributed by atoms with Crippen molar-refractivity contribution >= 4 is 71.5 Å². The fraction of sp³-hybridized carbons (Fsp3) is 0. The maximum atomic E-state index is 6.34. The van der Waals surface area contributed by atoms with Crippen LogP contribution in [0, 0.1) is 0 Å². The van der Waals surface area contributed by atoms with Gasteiger partial charge >= 0.3 is 0 Å². The third-order valence-electron chi connectivity index (χ3n) is 12.0. The molecule has 61 heavy (non-hydrogen) atoms. The van der Waals surface area contributed by atoms with Gasteiger partial charge in [-0.15, -0.1) is 0 Å². The molecule has 0 fully saturated rings. The van der Waals surface area contributed by atoms with Crippen molar-refractivity contribution in [1.82, 2.24) is 9.55 Å². The molecule has 0 saturated heterocycles. The van der Waals surface area contributed by atoms with Crippen molar-refractivity contribution < 1.29 is 4.42 Å². The van der Waals surface area contributed by atoms with E-state index >= 15 is 0 Å². The van der Waals surface area contributed by atoms with E-state index in [4.69, 9.17) is 9.40 Å². The second kappa shape index (κ2) is 14.3. The summed E-state index contributed by atoms with van der Waals surface area (Å²) in [5.41, 5.74) is 13.7. The zero-order chi connectivity index (χ0) is 40.3. The third kappa shape index (κ3) is 5.88. The molecule has 0 aliphatic rings. The first-order chi connectivity index (χ1) is 30.2. The van der Waals surface area contributed by atoms with Gasteiger partial charge in [0.1, 0.15) is 5.52 Å².